The first-order valence-corrected chi connectivity index (χ1v) is 4.98. The monoisotopic (exact) mass is 200 g/mol. The number of rotatable bonds is 4. The molecule has 82 valence electrons. The van der Waals surface area contributed by atoms with Gasteiger partial charge in [-0.25, -0.2) is 0 Å². The molecule has 3 heteroatoms. The molecular formula is C11H20O3. The van der Waals surface area contributed by atoms with Gasteiger partial charge in [0.1, 0.15) is 0 Å². The average molecular weight is 200 g/mol. The van der Waals surface area contributed by atoms with Gasteiger partial charge >= 0.3 is 0 Å². The van der Waals surface area contributed by atoms with Crippen molar-refractivity contribution in [3.8, 4) is 0 Å². The van der Waals surface area contributed by atoms with E-state index in [9.17, 15) is 5.11 Å². The Morgan fingerprint density at radius 2 is 2.00 bits per heavy atom. The summed E-state index contributed by atoms with van der Waals surface area (Å²) in [5.41, 5.74) is -0.673. The van der Waals surface area contributed by atoms with Gasteiger partial charge in [-0.05, 0) is 13.3 Å². The molecule has 3 nitrogen and oxygen atoms in total. The molecule has 0 amide bonds. The normalized spacial score (nSPS) is 37.4. The minimum Gasteiger partial charge on any atom is -0.389 e. The zero-order valence-electron chi connectivity index (χ0n) is 9.19. The van der Waals surface area contributed by atoms with Crippen molar-refractivity contribution < 1.29 is 14.6 Å². The minimum atomic E-state index is -0.673. The summed E-state index contributed by atoms with van der Waals surface area (Å²) in [7, 11) is 3.35. The molecule has 0 radical (unpaired) electrons. The van der Waals surface area contributed by atoms with Gasteiger partial charge in [0.25, 0.3) is 0 Å². The first-order valence-electron chi connectivity index (χ1n) is 4.98. The van der Waals surface area contributed by atoms with Crippen LogP contribution in [0.5, 0.6) is 0 Å². The summed E-state index contributed by atoms with van der Waals surface area (Å²) in [5, 5.41) is 10.2. The highest BCUT2D eigenvalue weighted by molar-refractivity contribution is 5.06. The largest absolute Gasteiger partial charge is 0.389 e. The van der Waals surface area contributed by atoms with Crippen LogP contribution < -0.4 is 0 Å². The molecule has 3 atom stereocenters. The molecule has 0 aromatic rings. The van der Waals surface area contributed by atoms with Crippen LogP contribution in [0.15, 0.2) is 12.2 Å². The molecule has 1 rings (SSSR count). The summed E-state index contributed by atoms with van der Waals surface area (Å²) in [4.78, 5) is 0. The fraction of sp³-hybridized carbons (Fsp3) is 0.818. The topological polar surface area (TPSA) is 38.7 Å². The second-order valence-corrected chi connectivity index (χ2v) is 4.17. The van der Waals surface area contributed by atoms with Gasteiger partial charge in [0, 0.05) is 26.1 Å². The molecule has 0 bridgehead atoms. The highest BCUT2D eigenvalue weighted by atomic mass is 16.5. The summed E-state index contributed by atoms with van der Waals surface area (Å²) in [6.45, 7) is 3.08. The molecular weight excluding hydrogens is 180 g/mol. The molecule has 1 aliphatic carbocycles. The maximum Gasteiger partial charge on any atom is 0.0710 e. The van der Waals surface area contributed by atoms with Gasteiger partial charge in [0.05, 0.1) is 18.8 Å². The van der Waals surface area contributed by atoms with Gasteiger partial charge < -0.3 is 14.6 Å². The van der Waals surface area contributed by atoms with E-state index in [1.54, 1.807) is 14.2 Å². The molecule has 0 fully saturated rings. The molecule has 0 saturated carbocycles. The second-order valence-electron chi connectivity index (χ2n) is 4.17. The predicted molar refractivity (Wildman–Crippen MR) is 55.1 cm³/mol. The van der Waals surface area contributed by atoms with E-state index < -0.39 is 5.60 Å². The number of methoxy groups -OCH3 is 2. The van der Waals surface area contributed by atoms with Crippen LogP contribution in [-0.2, 0) is 9.47 Å². The lowest BCUT2D eigenvalue weighted by atomic mass is 9.74. The molecule has 0 aromatic heterocycles. The summed E-state index contributed by atoms with van der Waals surface area (Å²) in [5.74, 6) is 0.376. The lowest BCUT2D eigenvalue weighted by Gasteiger charge is -2.39. The van der Waals surface area contributed by atoms with E-state index >= 15 is 0 Å². The maximum atomic E-state index is 10.2. The smallest absolute Gasteiger partial charge is 0.0710 e. The van der Waals surface area contributed by atoms with Gasteiger partial charge in [-0.1, -0.05) is 12.2 Å². The lowest BCUT2D eigenvalue weighted by Crippen LogP contribution is -2.44. The molecule has 0 spiro atoms. The number of ether oxygens (including phenoxy) is 2. The van der Waals surface area contributed by atoms with Crippen molar-refractivity contribution >= 4 is 0 Å². The third-order valence-corrected chi connectivity index (χ3v) is 2.94. The van der Waals surface area contributed by atoms with Crippen molar-refractivity contribution in [3.63, 3.8) is 0 Å². The summed E-state index contributed by atoms with van der Waals surface area (Å²) in [6, 6.07) is 0. The van der Waals surface area contributed by atoms with E-state index in [4.69, 9.17) is 9.47 Å². The SMILES string of the molecule is COC[C@H]1C=CC[C@@](C)(O)[C@H]1COC. The Bertz CT molecular complexity index is 199. The van der Waals surface area contributed by atoms with Gasteiger partial charge in [0.15, 0.2) is 0 Å². The van der Waals surface area contributed by atoms with E-state index in [2.05, 4.69) is 6.08 Å². The minimum absolute atomic E-state index is 0.123. The first kappa shape index (κ1) is 11.7. The standard InChI is InChI=1S/C11H20O3/c1-11(12)6-4-5-9(7-13-2)10(11)8-14-3/h4-5,9-10,12H,6-8H2,1-3H3/t9-,10+,11-/m1/s1. The fourth-order valence-corrected chi connectivity index (χ4v) is 2.07. The van der Waals surface area contributed by atoms with E-state index in [0.29, 0.717) is 19.6 Å². The number of aliphatic hydroxyl groups is 1. The van der Waals surface area contributed by atoms with E-state index in [-0.39, 0.29) is 11.8 Å². The van der Waals surface area contributed by atoms with Crippen molar-refractivity contribution in [1.82, 2.24) is 0 Å². The van der Waals surface area contributed by atoms with Gasteiger partial charge in [-0.3, -0.25) is 0 Å². The molecule has 0 unspecified atom stereocenters. The van der Waals surface area contributed by atoms with Crippen LogP contribution in [0.25, 0.3) is 0 Å². The second kappa shape index (κ2) is 4.91. The third kappa shape index (κ3) is 2.56. The predicted octanol–water partition coefficient (Wildman–Crippen LogP) is 1.22. The van der Waals surface area contributed by atoms with Crippen LogP contribution >= 0.6 is 0 Å². The Morgan fingerprint density at radius 3 is 2.57 bits per heavy atom. The van der Waals surface area contributed by atoms with E-state index in [1.807, 2.05) is 13.0 Å². The average Bonchev–Trinajstić information content (AvgIpc) is 2.11. The molecule has 0 saturated heterocycles. The van der Waals surface area contributed by atoms with Crippen molar-refractivity contribution in [3.05, 3.63) is 12.2 Å². The zero-order valence-corrected chi connectivity index (χ0v) is 9.19. The lowest BCUT2D eigenvalue weighted by molar-refractivity contribution is -0.0649. The highest BCUT2D eigenvalue weighted by Gasteiger charge is 2.38. The highest BCUT2D eigenvalue weighted by Crippen LogP contribution is 2.33. The Labute approximate surface area is 85.7 Å². The molecule has 1 aliphatic rings. The fourth-order valence-electron chi connectivity index (χ4n) is 2.07. The van der Waals surface area contributed by atoms with Crippen molar-refractivity contribution in [1.29, 1.82) is 0 Å². The zero-order chi connectivity index (χ0) is 10.6. The van der Waals surface area contributed by atoms with E-state index in [1.165, 1.54) is 0 Å². The Morgan fingerprint density at radius 1 is 1.36 bits per heavy atom. The Kier molecular flexibility index (Phi) is 4.11. The molecule has 0 aromatic carbocycles. The summed E-state index contributed by atoms with van der Waals surface area (Å²) in [6.07, 6.45) is 4.84. The quantitative estimate of drug-likeness (QED) is 0.693. The van der Waals surface area contributed by atoms with Crippen LogP contribution in [0.3, 0.4) is 0 Å². The van der Waals surface area contributed by atoms with Crippen LogP contribution in [0.1, 0.15) is 13.3 Å². The van der Waals surface area contributed by atoms with Crippen molar-refractivity contribution in [2.75, 3.05) is 27.4 Å². The van der Waals surface area contributed by atoms with Crippen LogP contribution in [0, 0.1) is 11.8 Å². The molecule has 0 aliphatic heterocycles. The number of hydrogen-bond acceptors (Lipinski definition) is 3. The number of hydrogen-bond donors (Lipinski definition) is 1. The van der Waals surface area contributed by atoms with Crippen LogP contribution in [-0.4, -0.2) is 38.1 Å². The van der Waals surface area contributed by atoms with Gasteiger partial charge in [-0.15, -0.1) is 0 Å². The van der Waals surface area contributed by atoms with E-state index in [0.717, 1.165) is 0 Å². The molecule has 0 heterocycles. The Hall–Kier alpha value is -0.380. The summed E-state index contributed by atoms with van der Waals surface area (Å²) >= 11 is 0. The van der Waals surface area contributed by atoms with Crippen LogP contribution in [0.2, 0.25) is 0 Å². The Balaban J connectivity index is 2.71. The maximum absolute atomic E-state index is 10.2. The van der Waals surface area contributed by atoms with Crippen molar-refractivity contribution in [2.24, 2.45) is 11.8 Å². The van der Waals surface area contributed by atoms with Crippen molar-refractivity contribution in [2.45, 2.75) is 18.9 Å². The van der Waals surface area contributed by atoms with Gasteiger partial charge in [0.2, 0.25) is 0 Å². The van der Waals surface area contributed by atoms with Gasteiger partial charge in [-0.2, -0.15) is 0 Å². The third-order valence-electron chi connectivity index (χ3n) is 2.94. The molecule has 14 heavy (non-hydrogen) atoms. The first-order chi connectivity index (χ1) is 6.61. The summed E-state index contributed by atoms with van der Waals surface area (Å²) < 4.78 is 10.3. The molecule has 1 N–H and O–H groups in total. The van der Waals surface area contributed by atoms with Crippen LogP contribution in [0.4, 0.5) is 0 Å².